The lowest BCUT2D eigenvalue weighted by Crippen LogP contribution is -2.05. The fourth-order valence-electron chi connectivity index (χ4n) is 1.90. The predicted octanol–water partition coefficient (Wildman–Crippen LogP) is 3.00. The molecule has 0 aliphatic carbocycles. The molecule has 1 aromatic carbocycles. The minimum Gasteiger partial charge on any atom is -0.478 e. The van der Waals surface area contributed by atoms with Gasteiger partial charge >= 0.3 is 5.97 Å². The molecule has 0 bridgehead atoms. The van der Waals surface area contributed by atoms with Crippen molar-refractivity contribution >= 4 is 44.3 Å². The van der Waals surface area contributed by atoms with Crippen LogP contribution in [0.5, 0.6) is 0 Å². The molecule has 96 valence electrons. The third-order valence-corrected chi connectivity index (χ3v) is 4.37. The minimum atomic E-state index is -0.971. The molecule has 0 aliphatic rings. The summed E-state index contributed by atoms with van der Waals surface area (Å²) in [4.78, 5) is 12.3. The number of nitrogens with zero attached hydrogens (tertiary/aromatic N) is 3. The van der Waals surface area contributed by atoms with Crippen molar-refractivity contribution in [2.75, 3.05) is 0 Å². The number of thiophene rings is 1. The molecule has 0 aliphatic heterocycles. The van der Waals surface area contributed by atoms with Crippen LogP contribution in [0.3, 0.4) is 0 Å². The zero-order valence-electron chi connectivity index (χ0n) is 9.58. The van der Waals surface area contributed by atoms with Crippen molar-refractivity contribution in [1.29, 1.82) is 0 Å². The van der Waals surface area contributed by atoms with E-state index in [2.05, 4.69) is 26.2 Å². The maximum Gasteiger partial charge on any atom is 0.337 e. The van der Waals surface area contributed by atoms with E-state index in [1.165, 1.54) is 0 Å². The van der Waals surface area contributed by atoms with Crippen molar-refractivity contribution in [2.24, 2.45) is 0 Å². The molecule has 19 heavy (non-hydrogen) atoms. The molecule has 0 unspecified atom stereocenters. The molecule has 1 N–H and O–H groups in total. The Morgan fingerprint density at radius 2 is 2.32 bits per heavy atom. The van der Waals surface area contributed by atoms with Crippen LogP contribution >= 0.6 is 27.3 Å². The number of aromatic carboxylic acids is 1. The van der Waals surface area contributed by atoms with E-state index in [0.717, 1.165) is 9.35 Å². The lowest BCUT2D eigenvalue weighted by Gasteiger charge is -2.02. The van der Waals surface area contributed by atoms with Gasteiger partial charge in [-0.3, -0.25) is 0 Å². The van der Waals surface area contributed by atoms with Gasteiger partial charge in [0.25, 0.3) is 0 Å². The second-order valence-corrected chi connectivity index (χ2v) is 5.87. The summed E-state index contributed by atoms with van der Waals surface area (Å²) < 4.78 is 2.63. The van der Waals surface area contributed by atoms with Crippen molar-refractivity contribution in [2.45, 2.75) is 6.54 Å². The summed E-state index contributed by atoms with van der Waals surface area (Å²) in [5.74, 6) is -0.971. The summed E-state index contributed by atoms with van der Waals surface area (Å²) in [6.07, 6.45) is 0. The first kappa shape index (κ1) is 12.3. The fourth-order valence-corrected chi connectivity index (χ4v) is 3.33. The van der Waals surface area contributed by atoms with Crippen LogP contribution in [-0.2, 0) is 6.54 Å². The monoisotopic (exact) mass is 337 g/mol. The smallest absolute Gasteiger partial charge is 0.337 e. The van der Waals surface area contributed by atoms with Crippen molar-refractivity contribution < 1.29 is 9.90 Å². The molecular formula is C12H8BrN3O2S. The molecule has 0 amide bonds. The number of carboxylic acid groups (broad SMARTS) is 1. The quantitative estimate of drug-likeness (QED) is 0.797. The second kappa shape index (κ2) is 4.75. The second-order valence-electron chi connectivity index (χ2n) is 3.96. The van der Waals surface area contributed by atoms with Gasteiger partial charge in [-0.05, 0) is 34.1 Å². The molecule has 7 heteroatoms. The van der Waals surface area contributed by atoms with E-state index >= 15 is 0 Å². The highest BCUT2D eigenvalue weighted by Crippen LogP contribution is 2.23. The summed E-state index contributed by atoms with van der Waals surface area (Å²) in [5.41, 5.74) is 1.37. The van der Waals surface area contributed by atoms with Gasteiger partial charge in [-0.1, -0.05) is 11.3 Å². The average Bonchev–Trinajstić information content (AvgIpc) is 2.97. The molecule has 0 fully saturated rings. The van der Waals surface area contributed by atoms with Crippen LogP contribution < -0.4 is 0 Å². The van der Waals surface area contributed by atoms with Gasteiger partial charge in [-0.2, -0.15) is 0 Å². The Hall–Kier alpha value is -1.73. The zero-order valence-corrected chi connectivity index (χ0v) is 12.0. The van der Waals surface area contributed by atoms with Gasteiger partial charge in [0.1, 0.15) is 11.0 Å². The van der Waals surface area contributed by atoms with Gasteiger partial charge in [0.05, 0.1) is 12.1 Å². The Morgan fingerprint density at radius 3 is 3.00 bits per heavy atom. The van der Waals surface area contributed by atoms with Gasteiger partial charge < -0.3 is 5.11 Å². The summed E-state index contributed by atoms with van der Waals surface area (Å²) in [6.45, 7) is 0.511. The number of carbonyl (C=O) groups is 1. The molecule has 2 heterocycles. The Labute approximate surface area is 120 Å². The summed E-state index contributed by atoms with van der Waals surface area (Å²) >= 11 is 4.98. The van der Waals surface area contributed by atoms with Crippen molar-refractivity contribution in [3.63, 3.8) is 0 Å². The van der Waals surface area contributed by atoms with E-state index in [1.807, 2.05) is 11.4 Å². The van der Waals surface area contributed by atoms with E-state index < -0.39 is 5.97 Å². The number of carboxylic acids is 1. The lowest BCUT2D eigenvalue weighted by molar-refractivity contribution is 0.0698. The average molecular weight is 338 g/mol. The number of hydrogen-bond acceptors (Lipinski definition) is 4. The first-order valence-corrected chi connectivity index (χ1v) is 7.11. The first-order chi connectivity index (χ1) is 9.15. The lowest BCUT2D eigenvalue weighted by atomic mass is 10.2. The largest absolute Gasteiger partial charge is 0.478 e. The van der Waals surface area contributed by atoms with Crippen LogP contribution in [0.15, 0.2) is 34.1 Å². The standard InChI is InChI=1S/C12H8BrN3O2S/c13-7-4-8(19-6-7)5-16-11-9(12(17)18)2-1-3-10(11)14-15-16/h1-4,6H,5H2,(H,17,18). The summed E-state index contributed by atoms with van der Waals surface area (Å²) in [6, 6.07) is 6.98. The maximum absolute atomic E-state index is 11.2. The number of rotatable bonds is 3. The van der Waals surface area contributed by atoms with E-state index in [4.69, 9.17) is 0 Å². The van der Waals surface area contributed by atoms with Crippen molar-refractivity contribution in [3.8, 4) is 0 Å². The normalized spacial score (nSPS) is 11.0. The summed E-state index contributed by atoms with van der Waals surface area (Å²) in [5, 5.41) is 19.2. The van der Waals surface area contributed by atoms with Gasteiger partial charge in [0.2, 0.25) is 0 Å². The van der Waals surface area contributed by atoms with Crippen LogP contribution in [0.4, 0.5) is 0 Å². The number of fused-ring (bicyclic) bond motifs is 1. The third-order valence-electron chi connectivity index (χ3n) is 2.69. The molecule has 5 nitrogen and oxygen atoms in total. The van der Waals surface area contributed by atoms with Crippen molar-refractivity contribution in [3.05, 3.63) is 44.6 Å². The Bertz CT molecular complexity index is 765. The third kappa shape index (κ3) is 2.26. The number of para-hydroxylation sites is 1. The Kier molecular flexibility index (Phi) is 3.08. The molecular weight excluding hydrogens is 330 g/mol. The number of halogens is 1. The molecule has 0 spiro atoms. The van der Waals surface area contributed by atoms with E-state index in [1.54, 1.807) is 34.2 Å². The van der Waals surface area contributed by atoms with Crippen LogP contribution in [0.25, 0.3) is 11.0 Å². The van der Waals surface area contributed by atoms with E-state index in [-0.39, 0.29) is 5.56 Å². The minimum absolute atomic E-state index is 0.220. The Morgan fingerprint density at radius 1 is 1.47 bits per heavy atom. The fraction of sp³-hybridized carbons (Fsp3) is 0.0833. The highest BCUT2D eigenvalue weighted by Gasteiger charge is 2.15. The van der Waals surface area contributed by atoms with Gasteiger partial charge in [-0.25, -0.2) is 9.48 Å². The van der Waals surface area contributed by atoms with Crippen LogP contribution in [0.1, 0.15) is 15.2 Å². The summed E-state index contributed by atoms with van der Waals surface area (Å²) in [7, 11) is 0. The molecule has 0 saturated carbocycles. The predicted molar refractivity (Wildman–Crippen MR) is 75.6 cm³/mol. The van der Waals surface area contributed by atoms with E-state index in [0.29, 0.717) is 17.6 Å². The van der Waals surface area contributed by atoms with E-state index in [9.17, 15) is 9.90 Å². The van der Waals surface area contributed by atoms with Crippen LogP contribution in [-0.4, -0.2) is 26.1 Å². The van der Waals surface area contributed by atoms with Crippen LogP contribution in [0, 0.1) is 0 Å². The number of aromatic nitrogens is 3. The first-order valence-electron chi connectivity index (χ1n) is 5.43. The number of hydrogen-bond donors (Lipinski definition) is 1. The molecule has 0 atom stereocenters. The molecule has 3 aromatic rings. The molecule has 2 aromatic heterocycles. The van der Waals surface area contributed by atoms with Gasteiger partial charge in [-0.15, -0.1) is 16.4 Å². The highest BCUT2D eigenvalue weighted by molar-refractivity contribution is 9.10. The molecule has 0 saturated heterocycles. The topological polar surface area (TPSA) is 68.0 Å². The van der Waals surface area contributed by atoms with Gasteiger partial charge in [0.15, 0.2) is 0 Å². The zero-order chi connectivity index (χ0) is 13.4. The van der Waals surface area contributed by atoms with Gasteiger partial charge in [0, 0.05) is 14.7 Å². The number of benzene rings is 1. The van der Waals surface area contributed by atoms with Crippen molar-refractivity contribution in [1.82, 2.24) is 15.0 Å². The molecule has 3 rings (SSSR count). The SMILES string of the molecule is O=C(O)c1cccc2nnn(Cc3cc(Br)cs3)c12. The highest BCUT2D eigenvalue weighted by atomic mass is 79.9. The molecule has 0 radical (unpaired) electrons. The maximum atomic E-state index is 11.2. The van der Waals surface area contributed by atoms with Crippen LogP contribution in [0.2, 0.25) is 0 Å². The Balaban J connectivity index is 2.11.